The van der Waals surface area contributed by atoms with E-state index in [9.17, 15) is 0 Å². The molecule has 6 nitrogen and oxygen atoms in total. The van der Waals surface area contributed by atoms with Crippen molar-refractivity contribution in [1.82, 2.24) is 15.0 Å². The van der Waals surface area contributed by atoms with Crippen LogP contribution >= 0.6 is 0 Å². The summed E-state index contributed by atoms with van der Waals surface area (Å²) in [6.07, 6.45) is 4.88. The highest BCUT2D eigenvalue weighted by Crippen LogP contribution is 2.39. The van der Waals surface area contributed by atoms with Crippen LogP contribution in [0.2, 0.25) is 0 Å². The second-order valence-corrected chi connectivity index (χ2v) is 5.45. The predicted molar refractivity (Wildman–Crippen MR) is 85.8 cm³/mol. The number of hydrogen-bond donors (Lipinski definition) is 3. The van der Waals surface area contributed by atoms with Gasteiger partial charge in [-0.3, -0.25) is 4.98 Å². The fourth-order valence-corrected chi connectivity index (χ4v) is 2.19. The number of pyridine rings is 1. The average Bonchev–Trinajstić information content (AvgIpc) is 3.39. The molecule has 6 heteroatoms. The summed E-state index contributed by atoms with van der Waals surface area (Å²) >= 11 is 0. The first-order chi connectivity index (χ1) is 10.8. The number of nitrogens with zero attached hydrogens (tertiary/aromatic N) is 3. The van der Waals surface area contributed by atoms with Gasteiger partial charge in [0.2, 0.25) is 5.95 Å². The maximum atomic E-state index is 8.86. The van der Waals surface area contributed by atoms with Gasteiger partial charge in [0, 0.05) is 31.3 Å². The van der Waals surface area contributed by atoms with Crippen molar-refractivity contribution in [2.45, 2.75) is 31.7 Å². The minimum Gasteiger partial charge on any atom is -0.396 e. The lowest BCUT2D eigenvalue weighted by molar-refractivity contribution is 0.292. The minimum absolute atomic E-state index is 0.167. The van der Waals surface area contributed by atoms with Gasteiger partial charge in [0.25, 0.3) is 0 Å². The molecular formula is C16H21N5O. The molecule has 0 saturated heterocycles. The Kier molecular flexibility index (Phi) is 4.80. The summed E-state index contributed by atoms with van der Waals surface area (Å²) in [5.41, 5.74) is 2.06. The molecule has 2 heterocycles. The quantitative estimate of drug-likeness (QED) is 0.648. The van der Waals surface area contributed by atoms with Crippen LogP contribution in [0.4, 0.5) is 11.8 Å². The summed E-state index contributed by atoms with van der Waals surface area (Å²) in [5.74, 6) is 2.01. The van der Waals surface area contributed by atoms with E-state index in [0.717, 1.165) is 17.2 Å². The number of rotatable bonds is 8. The van der Waals surface area contributed by atoms with Crippen LogP contribution in [-0.4, -0.2) is 33.2 Å². The van der Waals surface area contributed by atoms with Crippen molar-refractivity contribution in [2.24, 2.45) is 0 Å². The normalized spacial score (nSPS) is 13.9. The van der Waals surface area contributed by atoms with Gasteiger partial charge in [0.15, 0.2) is 0 Å². The zero-order valence-electron chi connectivity index (χ0n) is 12.5. The molecule has 0 unspecified atom stereocenters. The van der Waals surface area contributed by atoms with Gasteiger partial charge in [-0.2, -0.15) is 4.98 Å². The third-order valence-electron chi connectivity index (χ3n) is 3.54. The number of aromatic nitrogens is 3. The molecule has 22 heavy (non-hydrogen) atoms. The first kappa shape index (κ1) is 14.7. The molecule has 2 aromatic heterocycles. The van der Waals surface area contributed by atoms with E-state index in [1.54, 1.807) is 6.20 Å². The van der Waals surface area contributed by atoms with E-state index in [-0.39, 0.29) is 6.61 Å². The molecule has 1 saturated carbocycles. The Bertz CT molecular complexity index is 601. The van der Waals surface area contributed by atoms with E-state index in [4.69, 9.17) is 5.11 Å². The lowest BCUT2D eigenvalue weighted by Crippen LogP contribution is -2.10. The first-order valence-electron chi connectivity index (χ1n) is 7.72. The number of aliphatic hydroxyl groups is 1. The van der Waals surface area contributed by atoms with Crippen LogP contribution in [-0.2, 0) is 6.54 Å². The third-order valence-corrected chi connectivity index (χ3v) is 3.54. The molecular weight excluding hydrogens is 278 g/mol. The lowest BCUT2D eigenvalue weighted by atomic mass is 10.2. The first-order valence-corrected chi connectivity index (χ1v) is 7.72. The standard InChI is InChI=1S/C16H21N5O/c22-9-3-8-18-16-20-14(12-5-6-12)10-15(21-16)19-11-13-4-1-2-7-17-13/h1-2,4,7,10,12,22H,3,5-6,8-9,11H2,(H2,18,19,20,21). The number of anilines is 2. The van der Waals surface area contributed by atoms with Gasteiger partial charge >= 0.3 is 0 Å². The monoisotopic (exact) mass is 299 g/mol. The summed E-state index contributed by atoms with van der Waals surface area (Å²) in [6.45, 7) is 1.47. The van der Waals surface area contributed by atoms with Crippen molar-refractivity contribution >= 4 is 11.8 Å². The van der Waals surface area contributed by atoms with Gasteiger partial charge in [0.1, 0.15) is 5.82 Å². The summed E-state index contributed by atoms with van der Waals surface area (Å²) < 4.78 is 0. The summed E-state index contributed by atoms with van der Waals surface area (Å²) in [4.78, 5) is 13.3. The van der Waals surface area contributed by atoms with E-state index in [2.05, 4.69) is 25.6 Å². The number of nitrogens with one attached hydrogen (secondary N) is 2. The Labute approximate surface area is 130 Å². The fourth-order valence-electron chi connectivity index (χ4n) is 2.19. The van der Waals surface area contributed by atoms with E-state index in [1.807, 2.05) is 24.3 Å². The van der Waals surface area contributed by atoms with Crippen LogP contribution in [0.5, 0.6) is 0 Å². The Morgan fingerprint density at radius 1 is 1.18 bits per heavy atom. The van der Waals surface area contributed by atoms with Crippen molar-refractivity contribution in [3.63, 3.8) is 0 Å². The molecule has 116 valence electrons. The van der Waals surface area contributed by atoms with Crippen LogP contribution < -0.4 is 10.6 Å². The molecule has 0 radical (unpaired) electrons. The van der Waals surface area contributed by atoms with Gasteiger partial charge in [-0.15, -0.1) is 0 Å². The van der Waals surface area contributed by atoms with Gasteiger partial charge < -0.3 is 15.7 Å². The smallest absolute Gasteiger partial charge is 0.224 e. The van der Waals surface area contributed by atoms with Crippen molar-refractivity contribution in [2.75, 3.05) is 23.8 Å². The van der Waals surface area contributed by atoms with Gasteiger partial charge in [-0.1, -0.05) is 6.07 Å². The Morgan fingerprint density at radius 2 is 2.09 bits per heavy atom. The van der Waals surface area contributed by atoms with E-state index in [1.165, 1.54) is 12.8 Å². The molecule has 0 bridgehead atoms. The van der Waals surface area contributed by atoms with Crippen molar-refractivity contribution in [3.8, 4) is 0 Å². The van der Waals surface area contributed by atoms with Crippen LogP contribution in [0.3, 0.4) is 0 Å². The van der Waals surface area contributed by atoms with E-state index >= 15 is 0 Å². The highest BCUT2D eigenvalue weighted by Gasteiger charge is 2.26. The largest absolute Gasteiger partial charge is 0.396 e. The minimum atomic E-state index is 0.167. The summed E-state index contributed by atoms with van der Waals surface area (Å²) in [5, 5.41) is 15.3. The maximum absolute atomic E-state index is 8.86. The van der Waals surface area contributed by atoms with Crippen molar-refractivity contribution in [3.05, 3.63) is 41.9 Å². The molecule has 3 N–H and O–H groups in total. The Balaban J connectivity index is 1.68. The molecule has 1 aliphatic rings. The van der Waals surface area contributed by atoms with Gasteiger partial charge in [-0.25, -0.2) is 4.98 Å². The summed E-state index contributed by atoms with van der Waals surface area (Å²) in [6, 6.07) is 7.89. The topological polar surface area (TPSA) is 83.0 Å². The maximum Gasteiger partial charge on any atom is 0.224 e. The molecule has 3 rings (SSSR count). The highest BCUT2D eigenvalue weighted by atomic mass is 16.3. The van der Waals surface area contributed by atoms with Crippen LogP contribution in [0.15, 0.2) is 30.5 Å². The van der Waals surface area contributed by atoms with Gasteiger partial charge in [0.05, 0.1) is 17.9 Å². The number of hydrogen-bond acceptors (Lipinski definition) is 6. The van der Waals surface area contributed by atoms with Crippen LogP contribution in [0.1, 0.15) is 36.6 Å². The SMILES string of the molecule is OCCCNc1nc(NCc2ccccn2)cc(C2CC2)n1. The summed E-state index contributed by atoms with van der Waals surface area (Å²) in [7, 11) is 0. The molecule has 0 aromatic carbocycles. The lowest BCUT2D eigenvalue weighted by Gasteiger charge is -2.10. The molecule has 0 spiro atoms. The average molecular weight is 299 g/mol. The molecule has 1 fully saturated rings. The second-order valence-electron chi connectivity index (χ2n) is 5.45. The zero-order chi connectivity index (χ0) is 15.2. The van der Waals surface area contributed by atoms with Crippen molar-refractivity contribution in [1.29, 1.82) is 0 Å². The predicted octanol–water partition coefficient (Wildman–Crippen LogP) is 2.16. The molecule has 0 atom stereocenters. The van der Waals surface area contributed by atoms with Gasteiger partial charge in [-0.05, 0) is 31.4 Å². The Morgan fingerprint density at radius 3 is 2.82 bits per heavy atom. The Hall–Kier alpha value is -2.21. The molecule has 2 aromatic rings. The number of aliphatic hydroxyl groups excluding tert-OH is 1. The highest BCUT2D eigenvalue weighted by molar-refractivity contribution is 5.44. The van der Waals surface area contributed by atoms with Crippen LogP contribution in [0.25, 0.3) is 0 Å². The van der Waals surface area contributed by atoms with Crippen molar-refractivity contribution < 1.29 is 5.11 Å². The second kappa shape index (κ2) is 7.17. The fraction of sp³-hybridized carbons (Fsp3) is 0.438. The molecule has 0 aliphatic heterocycles. The van der Waals surface area contributed by atoms with Crippen LogP contribution in [0, 0.1) is 0 Å². The van der Waals surface area contributed by atoms with E-state index < -0.39 is 0 Å². The van der Waals surface area contributed by atoms with E-state index in [0.29, 0.717) is 31.4 Å². The zero-order valence-corrected chi connectivity index (χ0v) is 12.5. The molecule has 1 aliphatic carbocycles. The third kappa shape index (κ3) is 4.14. The molecule has 0 amide bonds.